The Morgan fingerprint density at radius 2 is 1.82 bits per heavy atom. The third kappa shape index (κ3) is 5.68. The molecule has 0 fully saturated rings. The minimum atomic E-state index is -4.64. The number of carbonyl (C=O) groups excluding carboxylic acids is 1. The summed E-state index contributed by atoms with van der Waals surface area (Å²) < 4.78 is 40.0. The quantitative estimate of drug-likeness (QED) is 0.553. The first-order valence-corrected chi connectivity index (χ1v) is 10.8. The number of hydrogen-bond donors (Lipinski definition) is 1. The van der Waals surface area contributed by atoms with Crippen LogP contribution in [0.2, 0.25) is 0 Å². The molecule has 2 heterocycles. The molecule has 0 saturated carbocycles. The average Bonchev–Trinajstić information content (AvgIpc) is 3.18. The number of fused-ring (bicyclic) bond motifs is 1. The van der Waals surface area contributed by atoms with Gasteiger partial charge in [0.05, 0.1) is 6.04 Å². The van der Waals surface area contributed by atoms with Crippen LogP contribution in [0, 0.1) is 13.8 Å². The van der Waals surface area contributed by atoms with E-state index in [-0.39, 0.29) is 24.1 Å². The molecule has 0 saturated heterocycles. The summed E-state index contributed by atoms with van der Waals surface area (Å²) in [6.45, 7) is 5.91. The van der Waals surface area contributed by atoms with Crippen LogP contribution in [0.4, 0.5) is 13.2 Å². The van der Waals surface area contributed by atoms with Crippen LogP contribution in [0.5, 0.6) is 0 Å². The Kier molecular flexibility index (Phi) is 7.36. The summed E-state index contributed by atoms with van der Waals surface area (Å²) in [5.74, 6) is -1.47. The molecule has 0 unspecified atom stereocenters. The molecule has 3 aromatic rings. The van der Waals surface area contributed by atoms with Crippen molar-refractivity contribution in [1.29, 1.82) is 0 Å². The third-order valence-corrected chi connectivity index (χ3v) is 5.79. The van der Waals surface area contributed by atoms with Gasteiger partial charge in [0.1, 0.15) is 0 Å². The second-order valence-electron chi connectivity index (χ2n) is 8.28. The number of alkyl halides is 3. The molecule has 0 aliphatic carbocycles. The summed E-state index contributed by atoms with van der Waals surface area (Å²) in [4.78, 5) is 22.2. The summed E-state index contributed by atoms with van der Waals surface area (Å²) in [5, 5.41) is 6.53. The number of likely N-dealkylation sites (N-methyl/N-ethyl adjacent to an activating group) is 1. The van der Waals surface area contributed by atoms with Gasteiger partial charge in [-0.3, -0.25) is 4.79 Å². The molecule has 1 N–H and O–H groups in total. The SMILES string of the molecule is CCc1ccc([C@@H](CNC(=O)CCc2c(C)nc3nc(C(F)(F)F)nn3c2C)N(C)C)cc1. The Morgan fingerprint density at radius 1 is 1.15 bits per heavy atom. The zero-order chi connectivity index (χ0) is 24.3. The number of hydrogen-bond acceptors (Lipinski definition) is 5. The van der Waals surface area contributed by atoms with Crippen LogP contribution in [-0.4, -0.2) is 51.0 Å². The van der Waals surface area contributed by atoms with Crippen LogP contribution in [0.15, 0.2) is 24.3 Å². The normalized spacial score (nSPS) is 13.0. The van der Waals surface area contributed by atoms with E-state index in [1.807, 2.05) is 14.1 Å². The number of benzene rings is 1. The van der Waals surface area contributed by atoms with E-state index in [1.54, 1.807) is 13.8 Å². The maximum absolute atomic E-state index is 13.0. The van der Waals surface area contributed by atoms with E-state index in [2.05, 4.69) is 56.5 Å². The highest BCUT2D eigenvalue weighted by atomic mass is 19.4. The van der Waals surface area contributed by atoms with Crippen molar-refractivity contribution in [1.82, 2.24) is 29.8 Å². The fraction of sp³-hybridized carbons (Fsp3) is 0.478. The monoisotopic (exact) mass is 462 g/mol. The molecular formula is C23H29F3N6O. The van der Waals surface area contributed by atoms with Gasteiger partial charge in [-0.05, 0) is 57.5 Å². The van der Waals surface area contributed by atoms with E-state index >= 15 is 0 Å². The number of rotatable bonds is 8. The molecule has 2 aromatic heterocycles. The zero-order valence-electron chi connectivity index (χ0n) is 19.5. The maximum atomic E-state index is 13.0. The Balaban J connectivity index is 1.67. The van der Waals surface area contributed by atoms with Gasteiger partial charge in [0.25, 0.3) is 11.6 Å². The summed E-state index contributed by atoms with van der Waals surface area (Å²) in [5.41, 5.74) is 4.10. The lowest BCUT2D eigenvalue weighted by atomic mass is 10.0. The second kappa shape index (κ2) is 9.86. The van der Waals surface area contributed by atoms with Gasteiger partial charge in [0, 0.05) is 24.4 Å². The van der Waals surface area contributed by atoms with Crippen LogP contribution in [0.1, 0.15) is 53.3 Å². The minimum absolute atomic E-state index is 0.0253. The van der Waals surface area contributed by atoms with Gasteiger partial charge < -0.3 is 10.2 Å². The molecule has 0 bridgehead atoms. The van der Waals surface area contributed by atoms with Crippen LogP contribution in [0.3, 0.4) is 0 Å². The van der Waals surface area contributed by atoms with E-state index < -0.39 is 12.0 Å². The largest absolute Gasteiger partial charge is 0.453 e. The molecule has 0 aliphatic rings. The molecule has 10 heteroatoms. The maximum Gasteiger partial charge on any atom is 0.453 e. The van der Waals surface area contributed by atoms with Crippen molar-refractivity contribution in [3.05, 3.63) is 58.2 Å². The molecule has 1 atom stereocenters. The first-order valence-electron chi connectivity index (χ1n) is 10.8. The van der Waals surface area contributed by atoms with Crippen molar-refractivity contribution in [2.75, 3.05) is 20.6 Å². The number of halogens is 3. The number of nitrogens with zero attached hydrogens (tertiary/aromatic N) is 5. The molecular weight excluding hydrogens is 433 g/mol. The van der Waals surface area contributed by atoms with E-state index in [1.165, 1.54) is 5.56 Å². The Hall–Kier alpha value is -3.01. The van der Waals surface area contributed by atoms with Gasteiger partial charge in [-0.1, -0.05) is 31.2 Å². The Morgan fingerprint density at radius 3 is 2.39 bits per heavy atom. The van der Waals surface area contributed by atoms with Gasteiger partial charge in [0.15, 0.2) is 0 Å². The highest BCUT2D eigenvalue weighted by molar-refractivity contribution is 5.76. The zero-order valence-corrected chi connectivity index (χ0v) is 19.5. The first kappa shape index (κ1) is 24.6. The molecule has 178 valence electrons. The van der Waals surface area contributed by atoms with Crippen LogP contribution >= 0.6 is 0 Å². The third-order valence-electron chi connectivity index (χ3n) is 5.79. The molecule has 0 aliphatic heterocycles. The van der Waals surface area contributed by atoms with Gasteiger partial charge in [-0.2, -0.15) is 18.2 Å². The van der Waals surface area contributed by atoms with Gasteiger partial charge >= 0.3 is 6.18 Å². The number of carbonyl (C=O) groups is 1. The van der Waals surface area contributed by atoms with Crippen molar-refractivity contribution in [2.45, 2.75) is 52.3 Å². The van der Waals surface area contributed by atoms with Crippen molar-refractivity contribution >= 4 is 11.7 Å². The fourth-order valence-corrected chi connectivity index (χ4v) is 3.80. The molecule has 7 nitrogen and oxygen atoms in total. The average molecular weight is 463 g/mol. The Bertz CT molecular complexity index is 1120. The van der Waals surface area contributed by atoms with E-state index in [4.69, 9.17) is 0 Å². The highest BCUT2D eigenvalue weighted by Crippen LogP contribution is 2.27. The van der Waals surface area contributed by atoms with Crippen molar-refractivity contribution in [3.63, 3.8) is 0 Å². The number of amides is 1. The predicted octanol–water partition coefficient (Wildman–Crippen LogP) is 3.67. The van der Waals surface area contributed by atoms with Crippen molar-refractivity contribution < 1.29 is 18.0 Å². The van der Waals surface area contributed by atoms with Gasteiger partial charge in [-0.25, -0.2) is 9.50 Å². The summed E-state index contributed by atoms with van der Waals surface area (Å²) in [6.07, 6.45) is -3.15. The Labute approximate surface area is 191 Å². The van der Waals surface area contributed by atoms with Crippen molar-refractivity contribution in [3.8, 4) is 0 Å². The lowest BCUT2D eigenvalue weighted by molar-refractivity contribution is -0.144. The first-order chi connectivity index (χ1) is 15.5. The van der Waals surface area contributed by atoms with E-state index in [9.17, 15) is 18.0 Å². The molecule has 1 amide bonds. The second-order valence-corrected chi connectivity index (χ2v) is 8.28. The number of nitrogens with one attached hydrogen (secondary N) is 1. The topological polar surface area (TPSA) is 75.4 Å². The number of aromatic nitrogens is 4. The molecule has 33 heavy (non-hydrogen) atoms. The van der Waals surface area contributed by atoms with E-state index in [0.29, 0.717) is 29.9 Å². The highest BCUT2D eigenvalue weighted by Gasteiger charge is 2.37. The van der Waals surface area contributed by atoms with Crippen molar-refractivity contribution in [2.24, 2.45) is 0 Å². The van der Waals surface area contributed by atoms with Gasteiger partial charge in [-0.15, -0.1) is 5.10 Å². The summed E-state index contributed by atoms with van der Waals surface area (Å²) in [7, 11) is 3.93. The molecule has 0 radical (unpaired) electrons. The molecule has 3 rings (SSSR count). The molecule has 1 aromatic carbocycles. The summed E-state index contributed by atoms with van der Waals surface area (Å²) in [6, 6.07) is 8.37. The minimum Gasteiger partial charge on any atom is -0.354 e. The molecule has 0 spiro atoms. The van der Waals surface area contributed by atoms with Crippen LogP contribution < -0.4 is 5.32 Å². The number of aryl methyl sites for hydroxylation is 3. The van der Waals surface area contributed by atoms with E-state index in [0.717, 1.165) is 16.5 Å². The fourth-order valence-electron chi connectivity index (χ4n) is 3.80. The van der Waals surface area contributed by atoms with Gasteiger partial charge in [0.2, 0.25) is 5.91 Å². The summed E-state index contributed by atoms with van der Waals surface area (Å²) >= 11 is 0. The predicted molar refractivity (Wildman–Crippen MR) is 119 cm³/mol. The lowest BCUT2D eigenvalue weighted by Gasteiger charge is -2.25. The standard InChI is InChI=1S/C23H29F3N6O/c1-6-16-7-9-17(10-8-16)19(31(4)5)13-27-20(33)12-11-18-14(2)28-22-29-21(23(24,25)26)30-32(22)15(18)3/h7-10,19H,6,11-13H2,1-5H3,(H,27,33)/t19-/m1/s1. The van der Waals surface area contributed by atoms with Crippen LogP contribution in [-0.2, 0) is 23.8 Å². The smallest absolute Gasteiger partial charge is 0.354 e. The van der Waals surface area contributed by atoms with Crippen LogP contribution in [0.25, 0.3) is 5.78 Å². The lowest BCUT2D eigenvalue weighted by Crippen LogP contribution is -2.34.